The maximum absolute atomic E-state index is 10.6. The molecule has 0 saturated heterocycles. The van der Waals surface area contributed by atoms with Crippen LogP contribution in [-0.4, -0.2) is 21.3 Å². The molecule has 1 atom stereocenters. The number of halogens is 1. The summed E-state index contributed by atoms with van der Waals surface area (Å²) in [6.07, 6.45) is -0.135. The number of para-hydroxylation sites is 1. The van der Waals surface area contributed by atoms with Gasteiger partial charge in [0.25, 0.3) is 0 Å². The first-order valence-electron chi connectivity index (χ1n) is 4.69. The van der Waals surface area contributed by atoms with E-state index in [2.05, 4.69) is 10.2 Å². The minimum absolute atomic E-state index is 0.135. The summed E-state index contributed by atoms with van der Waals surface area (Å²) in [5.74, 6) is -0.939. The van der Waals surface area contributed by atoms with E-state index in [-0.39, 0.29) is 6.42 Å². The van der Waals surface area contributed by atoms with Crippen LogP contribution in [0.1, 0.15) is 18.0 Å². The van der Waals surface area contributed by atoms with Gasteiger partial charge in [-0.1, -0.05) is 23.7 Å². The molecular formula is C10H10ClN3O2. The number of nitrogens with two attached hydrogens (primary N) is 1. The van der Waals surface area contributed by atoms with E-state index in [1.165, 1.54) is 0 Å². The molecule has 1 aromatic heterocycles. The molecule has 0 fully saturated rings. The van der Waals surface area contributed by atoms with Crippen LogP contribution in [0.2, 0.25) is 5.15 Å². The van der Waals surface area contributed by atoms with Gasteiger partial charge in [0, 0.05) is 11.4 Å². The minimum Gasteiger partial charge on any atom is -0.481 e. The molecule has 6 heteroatoms. The summed E-state index contributed by atoms with van der Waals surface area (Å²) in [5, 5.41) is 16.5. The number of H-pyrrole nitrogens is 1. The number of aromatic amines is 1. The SMILES string of the molecule is NC(CC(=O)O)c1cccc2c(Cl)[nH]nc12. The van der Waals surface area contributed by atoms with Gasteiger partial charge in [0.2, 0.25) is 0 Å². The molecule has 0 aliphatic rings. The van der Waals surface area contributed by atoms with E-state index in [0.29, 0.717) is 16.2 Å². The van der Waals surface area contributed by atoms with Gasteiger partial charge in [0.05, 0.1) is 11.9 Å². The monoisotopic (exact) mass is 239 g/mol. The number of rotatable bonds is 3. The van der Waals surface area contributed by atoms with Gasteiger partial charge >= 0.3 is 5.97 Å². The van der Waals surface area contributed by atoms with E-state index >= 15 is 0 Å². The Morgan fingerprint density at radius 1 is 1.62 bits per heavy atom. The second-order valence-electron chi connectivity index (χ2n) is 3.49. The fourth-order valence-corrected chi connectivity index (χ4v) is 1.82. The van der Waals surface area contributed by atoms with E-state index in [0.717, 1.165) is 5.39 Å². The van der Waals surface area contributed by atoms with Gasteiger partial charge in [-0.2, -0.15) is 5.10 Å². The van der Waals surface area contributed by atoms with Crippen LogP contribution in [0.25, 0.3) is 10.9 Å². The van der Waals surface area contributed by atoms with E-state index in [9.17, 15) is 4.79 Å². The first-order chi connectivity index (χ1) is 7.59. The van der Waals surface area contributed by atoms with Gasteiger partial charge in [-0.25, -0.2) is 0 Å². The predicted molar refractivity (Wildman–Crippen MR) is 60.3 cm³/mol. The second-order valence-corrected chi connectivity index (χ2v) is 3.86. The molecule has 1 unspecified atom stereocenters. The number of carbonyl (C=O) groups is 1. The number of fused-ring (bicyclic) bond motifs is 1. The number of benzene rings is 1. The summed E-state index contributed by atoms with van der Waals surface area (Å²) in [7, 11) is 0. The Labute approximate surface area is 96.2 Å². The van der Waals surface area contributed by atoms with Crippen molar-refractivity contribution >= 4 is 28.5 Å². The topological polar surface area (TPSA) is 92.0 Å². The molecule has 1 aromatic carbocycles. The van der Waals surface area contributed by atoms with Gasteiger partial charge < -0.3 is 10.8 Å². The number of nitrogens with one attached hydrogen (secondary N) is 1. The van der Waals surface area contributed by atoms with Crippen LogP contribution < -0.4 is 5.73 Å². The Bertz CT molecular complexity index is 538. The minimum atomic E-state index is -0.939. The van der Waals surface area contributed by atoms with Crippen LogP contribution in [0.5, 0.6) is 0 Å². The van der Waals surface area contributed by atoms with Crippen molar-refractivity contribution in [1.82, 2.24) is 10.2 Å². The zero-order valence-corrected chi connectivity index (χ0v) is 9.03. The first-order valence-corrected chi connectivity index (χ1v) is 5.07. The van der Waals surface area contributed by atoms with Crippen LogP contribution in [0, 0.1) is 0 Å². The summed E-state index contributed by atoms with van der Waals surface area (Å²) in [6, 6.07) is 4.76. The van der Waals surface area contributed by atoms with Crippen molar-refractivity contribution < 1.29 is 9.90 Å². The molecule has 5 nitrogen and oxygen atoms in total. The number of nitrogens with zero attached hydrogens (tertiary/aromatic N) is 1. The Morgan fingerprint density at radius 3 is 3.06 bits per heavy atom. The maximum Gasteiger partial charge on any atom is 0.305 e. The van der Waals surface area contributed by atoms with Crippen molar-refractivity contribution in [3.8, 4) is 0 Å². The lowest BCUT2D eigenvalue weighted by molar-refractivity contribution is -0.137. The average molecular weight is 240 g/mol. The lowest BCUT2D eigenvalue weighted by Gasteiger charge is -2.09. The summed E-state index contributed by atoms with van der Waals surface area (Å²) < 4.78 is 0. The van der Waals surface area contributed by atoms with Crippen LogP contribution in [0.15, 0.2) is 18.2 Å². The molecule has 0 spiro atoms. The third-order valence-corrected chi connectivity index (χ3v) is 2.65. The van der Waals surface area contributed by atoms with Crippen LogP contribution in [-0.2, 0) is 4.79 Å². The molecule has 2 rings (SSSR count). The Morgan fingerprint density at radius 2 is 2.38 bits per heavy atom. The maximum atomic E-state index is 10.6. The van der Waals surface area contributed by atoms with Gasteiger partial charge in [0.15, 0.2) is 0 Å². The van der Waals surface area contributed by atoms with Crippen molar-refractivity contribution in [2.75, 3.05) is 0 Å². The Kier molecular flexibility index (Phi) is 2.80. The summed E-state index contributed by atoms with van der Waals surface area (Å²) in [6.45, 7) is 0. The van der Waals surface area contributed by atoms with Crippen LogP contribution in [0.3, 0.4) is 0 Å². The highest BCUT2D eigenvalue weighted by atomic mass is 35.5. The van der Waals surface area contributed by atoms with Crippen molar-refractivity contribution in [2.24, 2.45) is 5.73 Å². The molecule has 0 radical (unpaired) electrons. The quantitative estimate of drug-likeness (QED) is 0.760. The third kappa shape index (κ3) is 1.87. The van der Waals surface area contributed by atoms with E-state index in [4.69, 9.17) is 22.4 Å². The molecule has 4 N–H and O–H groups in total. The Hall–Kier alpha value is -1.59. The number of carboxylic acids is 1. The van der Waals surface area contributed by atoms with Gasteiger partial charge in [-0.05, 0) is 11.6 Å². The lowest BCUT2D eigenvalue weighted by Crippen LogP contribution is -2.15. The number of aliphatic carboxylic acids is 1. The zero-order chi connectivity index (χ0) is 11.7. The smallest absolute Gasteiger partial charge is 0.305 e. The van der Waals surface area contributed by atoms with Crippen LogP contribution in [0.4, 0.5) is 0 Å². The number of hydrogen-bond acceptors (Lipinski definition) is 3. The third-order valence-electron chi connectivity index (χ3n) is 2.36. The van der Waals surface area contributed by atoms with Crippen molar-refractivity contribution in [2.45, 2.75) is 12.5 Å². The van der Waals surface area contributed by atoms with Gasteiger partial charge in [-0.15, -0.1) is 0 Å². The zero-order valence-electron chi connectivity index (χ0n) is 8.27. The molecular weight excluding hydrogens is 230 g/mol. The van der Waals surface area contributed by atoms with Gasteiger partial charge in [-0.3, -0.25) is 9.89 Å². The fraction of sp³-hybridized carbons (Fsp3) is 0.200. The summed E-state index contributed by atoms with van der Waals surface area (Å²) in [4.78, 5) is 10.6. The number of hydrogen-bond donors (Lipinski definition) is 3. The summed E-state index contributed by atoms with van der Waals surface area (Å²) >= 11 is 5.88. The molecule has 0 saturated carbocycles. The highest BCUT2D eigenvalue weighted by molar-refractivity contribution is 6.34. The average Bonchev–Trinajstić information content (AvgIpc) is 2.59. The van der Waals surface area contributed by atoms with Crippen LogP contribution >= 0.6 is 11.6 Å². The lowest BCUT2D eigenvalue weighted by atomic mass is 10.0. The normalized spacial score (nSPS) is 12.9. The molecule has 16 heavy (non-hydrogen) atoms. The molecule has 0 bridgehead atoms. The van der Waals surface area contributed by atoms with Crippen molar-refractivity contribution in [3.63, 3.8) is 0 Å². The summed E-state index contributed by atoms with van der Waals surface area (Å²) in [5.41, 5.74) is 7.10. The molecule has 0 aliphatic heterocycles. The molecule has 0 aliphatic carbocycles. The second kappa shape index (κ2) is 4.11. The molecule has 2 aromatic rings. The standard InChI is InChI=1S/C10H10ClN3O2/c11-10-6-3-1-2-5(9(6)13-14-10)7(12)4-8(15)16/h1-3,7H,4,12H2,(H,13,14)(H,15,16). The first kappa shape index (κ1) is 10.9. The van der Waals surface area contributed by atoms with Crippen molar-refractivity contribution in [1.29, 1.82) is 0 Å². The fourth-order valence-electron chi connectivity index (χ4n) is 1.63. The Balaban J connectivity index is 2.48. The molecule has 1 heterocycles. The van der Waals surface area contributed by atoms with E-state index < -0.39 is 12.0 Å². The number of carboxylic acid groups (broad SMARTS) is 1. The highest BCUT2D eigenvalue weighted by Gasteiger charge is 2.16. The van der Waals surface area contributed by atoms with E-state index in [1.54, 1.807) is 18.2 Å². The van der Waals surface area contributed by atoms with Crippen molar-refractivity contribution in [3.05, 3.63) is 28.9 Å². The largest absolute Gasteiger partial charge is 0.481 e. The van der Waals surface area contributed by atoms with Gasteiger partial charge in [0.1, 0.15) is 5.15 Å². The molecule has 0 amide bonds. The molecule has 84 valence electrons. The van der Waals surface area contributed by atoms with E-state index in [1.807, 2.05) is 0 Å². The number of aromatic nitrogens is 2. The predicted octanol–water partition coefficient (Wildman–Crippen LogP) is 1.69. The highest BCUT2D eigenvalue weighted by Crippen LogP contribution is 2.27.